The molecule has 0 unspecified atom stereocenters. The van der Waals surface area contributed by atoms with E-state index in [9.17, 15) is 4.79 Å². The van der Waals surface area contributed by atoms with E-state index in [0.717, 1.165) is 6.42 Å². The average Bonchev–Trinajstić information content (AvgIpc) is 2.28. The zero-order chi connectivity index (χ0) is 12.8. The van der Waals surface area contributed by atoms with Gasteiger partial charge >= 0.3 is 5.97 Å². The van der Waals surface area contributed by atoms with Gasteiger partial charge in [0, 0.05) is 0 Å². The Morgan fingerprint density at radius 2 is 1.71 bits per heavy atom. The van der Waals surface area contributed by atoms with Crippen molar-refractivity contribution in [2.24, 2.45) is 5.92 Å². The lowest BCUT2D eigenvalue weighted by Gasteiger charge is -2.08. The lowest BCUT2D eigenvalue weighted by atomic mass is 10.0. The standard InChI is InChI=1S/C15H22O2/c1-11(2)9-10-17-15(16)14-7-5-13(6-8-14)12(3)4/h5-8,11-12H,9-10H2,1-4H3. The van der Waals surface area contributed by atoms with E-state index in [4.69, 9.17) is 4.74 Å². The zero-order valence-corrected chi connectivity index (χ0v) is 11.2. The first kappa shape index (κ1) is 13.8. The van der Waals surface area contributed by atoms with Gasteiger partial charge in [-0.3, -0.25) is 0 Å². The number of esters is 1. The summed E-state index contributed by atoms with van der Waals surface area (Å²) < 4.78 is 5.20. The second kappa shape index (κ2) is 6.43. The van der Waals surface area contributed by atoms with Crippen molar-refractivity contribution < 1.29 is 9.53 Å². The fraction of sp³-hybridized carbons (Fsp3) is 0.533. The summed E-state index contributed by atoms with van der Waals surface area (Å²) in [5.74, 6) is 0.827. The molecule has 1 aromatic carbocycles. The molecular formula is C15H22O2. The van der Waals surface area contributed by atoms with Crippen LogP contribution in [0.5, 0.6) is 0 Å². The number of hydrogen-bond acceptors (Lipinski definition) is 2. The van der Waals surface area contributed by atoms with Gasteiger partial charge in [0.2, 0.25) is 0 Å². The summed E-state index contributed by atoms with van der Waals surface area (Å²) in [5, 5.41) is 0. The lowest BCUT2D eigenvalue weighted by Crippen LogP contribution is -2.08. The molecule has 2 heteroatoms. The van der Waals surface area contributed by atoms with Crippen LogP contribution in [0, 0.1) is 5.92 Å². The molecule has 0 aliphatic heterocycles. The van der Waals surface area contributed by atoms with Crippen LogP contribution in [-0.2, 0) is 4.74 Å². The second-order valence-corrected chi connectivity index (χ2v) is 5.10. The topological polar surface area (TPSA) is 26.3 Å². The van der Waals surface area contributed by atoms with E-state index in [2.05, 4.69) is 27.7 Å². The second-order valence-electron chi connectivity index (χ2n) is 5.10. The Morgan fingerprint density at radius 3 is 2.18 bits per heavy atom. The Kier molecular flexibility index (Phi) is 5.20. The molecule has 0 spiro atoms. The third-order valence-electron chi connectivity index (χ3n) is 2.74. The van der Waals surface area contributed by atoms with E-state index >= 15 is 0 Å². The normalized spacial score (nSPS) is 10.9. The smallest absolute Gasteiger partial charge is 0.338 e. The van der Waals surface area contributed by atoms with Crippen molar-refractivity contribution in [3.05, 3.63) is 35.4 Å². The minimum atomic E-state index is -0.221. The van der Waals surface area contributed by atoms with Crippen molar-refractivity contribution in [1.29, 1.82) is 0 Å². The first-order valence-electron chi connectivity index (χ1n) is 6.27. The van der Waals surface area contributed by atoms with E-state index in [-0.39, 0.29) is 5.97 Å². The highest BCUT2D eigenvalue weighted by atomic mass is 16.5. The zero-order valence-electron chi connectivity index (χ0n) is 11.2. The molecule has 1 aromatic rings. The van der Waals surface area contributed by atoms with E-state index < -0.39 is 0 Å². The molecule has 0 aromatic heterocycles. The molecule has 0 atom stereocenters. The van der Waals surface area contributed by atoms with Crippen LogP contribution in [0.4, 0.5) is 0 Å². The molecule has 0 saturated heterocycles. The molecular weight excluding hydrogens is 212 g/mol. The fourth-order valence-electron chi connectivity index (χ4n) is 1.47. The summed E-state index contributed by atoms with van der Waals surface area (Å²) in [6.45, 7) is 9.00. The third-order valence-corrected chi connectivity index (χ3v) is 2.74. The molecule has 1 rings (SSSR count). The molecule has 94 valence electrons. The Labute approximate surface area is 104 Å². The molecule has 0 aliphatic carbocycles. The van der Waals surface area contributed by atoms with Crippen LogP contribution in [0.3, 0.4) is 0 Å². The van der Waals surface area contributed by atoms with Gasteiger partial charge in [-0.2, -0.15) is 0 Å². The van der Waals surface area contributed by atoms with Crippen molar-refractivity contribution in [2.45, 2.75) is 40.0 Å². The van der Waals surface area contributed by atoms with Crippen molar-refractivity contribution in [3.8, 4) is 0 Å². The van der Waals surface area contributed by atoms with Crippen LogP contribution >= 0.6 is 0 Å². The SMILES string of the molecule is CC(C)CCOC(=O)c1ccc(C(C)C)cc1. The highest BCUT2D eigenvalue weighted by Gasteiger charge is 2.08. The maximum atomic E-state index is 11.7. The lowest BCUT2D eigenvalue weighted by molar-refractivity contribution is 0.0488. The molecule has 0 bridgehead atoms. The van der Waals surface area contributed by atoms with Crippen molar-refractivity contribution in [3.63, 3.8) is 0 Å². The van der Waals surface area contributed by atoms with Crippen LogP contribution in [0.1, 0.15) is 56.0 Å². The number of benzene rings is 1. The summed E-state index contributed by atoms with van der Waals surface area (Å²) in [6, 6.07) is 7.66. The number of carbonyl (C=O) groups is 1. The minimum absolute atomic E-state index is 0.221. The Balaban J connectivity index is 2.52. The van der Waals surface area contributed by atoms with Crippen molar-refractivity contribution >= 4 is 5.97 Å². The average molecular weight is 234 g/mol. The molecule has 0 amide bonds. The number of ether oxygens (including phenoxy) is 1. The van der Waals surface area contributed by atoms with Gasteiger partial charge in [0.15, 0.2) is 0 Å². The predicted octanol–water partition coefficient (Wildman–Crippen LogP) is 4.01. The largest absolute Gasteiger partial charge is 0.462 e. The summed E-state index contributed by atoms with van der Waals surface area (Å²) in [5.41, 5.74) is 1.88. The molecule has 17 heavy (non-hydrogen) atoms. The van der Waals surface area contributed by atoms with Gasteiger partial charge in [-0.05, 0) is 36.0 Å². The van der Waals surface area contributed by atoms with E-state index in [1.54, 1.807) is 0 Å². The number of hydrogen-bond donors (Lipinski definition) is 0. The van der Waals surface area contributed by atoms with E-state index in [0.29, 0.717) is 24.0 Å². The maximum Gasteiger partial charge on any atom is 0.338 e. The van der Waals surface area contributed by atoms with Gasteiger partial charge < -0.3 is 4.74 Å². The molecule has 0 saturated carbocycles. The molecule has 0 heterocycles. The van der Waals surface area contributed by atoms with Crippen LogP contribution in [-0.4, -0.2) is 12.6 Å². The number of carbonyl (C=O) groups excluding carboxylic acids is 1. The third kappa shape index (κ3) is 4.59. The monoisotopic (exact) mass is 234 g/mol. The van der Waals surface area contributed by atoms with Crippen LogP contribution < -0.4 is 0 Å². The van der Waals surface area contributed by atoms with Gasteiger partial charge in [-0.25, -0.2) is 4.79 Å². The predicted molar refractivity (Wildman–Crippen MR) is 70.3 cm³/mol. The fourth-order valence-corrected chi connectivity index (χ4v) is 1.47. The van der Waals surface area contributed by atoms with E-state index in [1.165, 1.54) is 5.56 Å². The highest BCUT2D eigenvalue weighted by molar-refractivity contribution is 5.89. The maximum absolute atomic E-state index is 11.7. The van der Waals surface area contributed by atoms with Gasteiger partial charge in [0.05, 0.1) is 12.2 Å². The number of rotatable bonds is 5. The van der Waals surface area contributed by atoms with E-state index in [1.807, 2.05) is 24.3 Å². The molecule has 0 fully saturated rings. The van der Waals surface area contributed by atoms with Crippen molar-refractivity contribution in [1.82, 2.24) is 0 Å². The summed E-state index contributed by atoms with van der Waals surface area (Å²) in [7, 11) is 0. The quantitative estimate of drug-likeness (QED) is 0.719. The van der Waals surface area contributed by atoms with Gasteiger partial charge in [-0.15, -0.1) is 0 Å². The van der Waals surface area contributed by atoms with Gasteiger partial charge in [0.25, 0.3) is 0 Å². The molecule has 0 N–H and O–H groups in total. The highest BCUT2D eigenvalue weighted by Crippen LogP contribution is 2.15. The molecule has 0 aliphatic rings. The first-order chi connectivity index (χ1) is 8.00. The van der Waals surface area contributed by atoms with Crippen LogP contribution in [0.2, 0.25) is 0 Å². The Morgan fingerprint density at radius 1 is 1.12 bits per heavy atom. The first-order valence-corrected chi connectivity index (χ1v) is 6.27. The Bertz CT molecular complexity index is 350. The van der Waals surface area contributed by atoms with Gasteiger partial charge in [0.1, 0.15) is 0 Å². The summed E-state index contributed by atoms with van der Waals surface area (Å²) in [4.78, 5) is 11.7. The summed E-state index contributed by atoms with van der Waals surface area (Å²) >= 11 is 0. The minimum Gasteiger partial charge on any atom is -0.462 e. The molecule has 2 nitrogen and oxygen atoms in total. The van der Waals surface area contributed by atoms with Crippen LogP contribution in [0.25, 0.3) is 0 Å². The van der Waals surface area contributed by atoms with Gasteiger partial charge in [-0.1, -0.05) is 39.8 Å². The Hall–Kier alpha value is -1.31. The van der Waals surface area contributed by atoms with Crippen LogP contribution in [0.15, 0.2) is 24.3 Å². The summed E-state index contributed by atoms with van der Waals surface area (Å²) in [6.07, 6.45) is 0.913. The van der Waals surface area contributed by atoms with Crippen molar-refractivity contribution in [2.75, 3.05) is 6.61 Å². The molecule has 0 radical (unpaired) electrons.